The van der Waals surface area contributed by atoms with Crippen molar-refractivity contribution in [2.75, 3.05) is 13.1 Å². The third-order valence-electron chi connectivity index (χ3n) is 6.41. The molecule has 1 aromatic heterocycles. The molecule has 30 heavy (non-hydrogen) atoms. The monoisotopic (exact) mass is 467 g/mol. The van der Waals surface area contributed by atoms with Crippen LogP contribution >= 0.6 is 15.9 Å². The molecule has 156 valence electrons. The molecule has 1 aliphatic heterocycles. The second-order valence-corrected chi connectivity index (χ2v) is 8.81. The average Bonchev–Trinajstić information content (AvgIpc) is 2.98. The summed E-state index contributed by atoms with van der Waals surface area (Å²) in [6.45, 7) is 4.00. The summed E-state index contributed by atoms with van der Waals surface area (Å²) >= 11 is 3.52. The molecule has 1 saturated heterocycles. The molecule has 0 spiro atoms. The van der Waals surface area contributed by atoms with Crippen molar-refractivity contribution in [3.8, 4) is 5.69 Å². The maximum absolute atomic E-state index is 12.9. The predicted octanol–water partition coefficient (Wildman–Crippen LogP) is 4.06. The van der Waals surface area contributed by atoms with Crippen molar-refractivity contribution in [2.24, 2.45) is 7.05 Å². The Morgan fingerprint density at radius 1 is 1.00 bits per heavy atom. The number of rotatable bonds is 5. The van der Waals surface area contributed by atoms with E-state index in [0.29, 0.717) is 11.0 Å². The van der Waals surface area contributed by atoms with E-state index in [-0.39, 0.29) is 11.3 Å². The zero-order chi connectivity index (χ0) is 21.3. The summed E-state index contributed by atoms with van der Waals surface area (Å²) in [6.07, 6.45) is 1.58. The molecule has 1 aliphatic rings. The van der Waals surface area contributed by atoms with Crippen LogP contribution in [0, 0.1) is 0 Å². The Morgan fingerprint density at radius 3 is 2.13 bits per heavy atom. The number of halogens is 1. The number of likely N-dealkylation sites (tertiary alicyclic amines) is 1. The standard InChI is InChI=1S/C24H26BrN3O2/c1-18(29)24(19-9-5-3-6-10-19)13-15-27(16-14-24)17-21-22(25)23(30)28(26(21)2)20-11-7-4-8-12-20/h3-12H,13-17H2,1-2H3. The number of ketones is 1. The van der Waals surface area contributed by atoms with Crippen LogP contribution in [0.5, 0.6) is 0 Å². The van der Waals surface area contributed by atoms with Gasteiger partial charge in [-0.05, 0) is 66.5 Å². The van der Waals surface area contributed by atoms with E-state index in [1.807, 2.05) is 60.3 Å². The van der Waals surface area contributed by atoms with Crippen LogP contribution in [0.2, 0.25) is 0 Å². The molecule has 2 aromatic carbocycles. The van der Waals surface area contributed by atoms with E-state index in [2.05, 4.69) is 33.0 Å². The Balaban J connectivity index is 1.56. The number of nitrogens with zero attached hydrogens (tertiary/aromatic N) is 3. The Labute approximate surface area is 185 Å². The highest BCUT2D eigenvalue weighted by Crippen LogP contribution is 2.37. The van der Waals surface area contributed by atoms with Crippen molar-refractivity contribution in [1.82, 2.24) is 14.3 Å². The zero-order valence-corrected chi connectivity index (χ0v) is 18.9. The molecule has 0 aliphatic carbocycles. The summed E-state index contributed by atoms with van der Waals surface area (Å²) in [6, 6.07) is 19.8. The molecule has 6 heteroatoms. The molecule has 5 nitrogen and oxygen atoms in total. The fourth-order valence-corrected chi connectivity index (χ4v) is 5.10. The van der Waals surface area contributed by atoms with Crippen molar-refractivity contribution < 1.29 is 4.79 Å². The number of carbonyl (C=O) groups excluding carboxylic acids is 1. The molecule has 0 saturated carbocycles. The lowest BCUT2D eigenvalue weighted by Gasteiger charge is -2.40. The minimum Gasteiger partial charge on any atom is -0.299 e. The Kier molecular flexibility index (Phi) is 5.80. The van der Waals surface area contributed by atoms with Crippen LogP contribution in [0.4, 0.5) is 0 Å². The quantitative estimate of drug-likeness (QED) is 0.568. The zero-order valence-electron chi connectivity index (χ0n) is 17.3. The Hall–Kier alpha value is -2.44. The first-order valence-electron chi connectivity index (χ1n) is 10.2. The third-order valence-corrected chi connectivity index (χ3v) is 7.21. The molecule has 0 radical (unpaired) electrons. The van der Waals surface area contributed by atoms with Gasteiger partial charge in [-0.15, -0.1) is 0 Å². The molecule has 2 heterocycles. The summed E-state index contributed by atoms with van der Waals surface area (Å²) < 4.78 is 4.21. The smallest absolute Gasteiger partial charge is 0.286 e. The van der Waals surface area contributed by atoms with Crippen molar-refractivity contribution in [3.05, 3.63) is 86.7 Å². The summed E-state index contributed by atoms with van der Waals surface area (Å²) in [5, 5.41) is 0. The molecule has 0 amide bonds. The highest BCUT2D eigenvalue weighted by molar-refractivity contribution is 9.10. The number of piperidine rings is 1. The fourth-order valence-electron chi connectivity index (χ4n) is 4.55. The number of aromatic nitrogens is 2. The maximum Gasteiger partial charge on any atom is 0.286 e. The van der Waals surface area contributed by atoms with Crippen molar-refractivity contribution in [3.63, 3.8) is 0 Å². The van der Waals surface area contributed by atoms with E-state index in [9.17, 15) is 9.59 Å². The fraction of sp³-hybridized carbons (Fsp3) is 0.333. The molecule has 0 unspecified atom stereocenters. The lowest BCUT2D eigenvalue weighted by atomic mass is 9.70. The first kappa shape index (κ1) is 20.8. The summed E-state index contributed by atoms with van der Waals surface area (Å²) in [5.41, 5.74) is 2.44. The normalized spacial score (nSPS) is 16.5. The van der Waals surface area contributed by atoms with Crippen LogP contribution in [0.25, 0.3) is 5.69 Å². The SMILES string of the molecule is CC(=O)C1(c2ccccc2)CCN(Cc2c(Br)c(=O)n(-c3ccccc3)n2C)CC1. The number of hydrogen-bond donors (Lipinski definition) is 0. The van der Waals surface area contributed by atoms with Crippen LogP contribution in [0.3, 0.4) is 0 Å². The molecule has 0 bridgehead atoms. The van der Waals surface area contributed by atoms with Gasteiger partial charge in [-0.25, -0.2) is 4.68 Å². The van der Waals surface area contributed by atoms with E-state index in [0.717, 1.165) is 42.9 Å². The molecule has 0 N–H and O–H groups in total. The van der Waals surface area contributed by atoms with Gasteiger partial charge in [0.25, 0.3) is 5.56 Å². The van der Waals surface area contributed by atoms with Crippen LogP contribution in [0.15, 0.2) is 69.9 Å². The van der Waals surface area contributed by atoms with Crippen LogP contribution < -0.4 is 5.56 Å². The van der Waals surface area contributed by atoms with Gasteiger partial charge in [0, 0.05) is 13.6 Å². The Morgan fingerprint density at radius 2 is 1.57 bits per heavy atom. The van der Waals surface area contributed by atoms with Gasteiger partial charge in [-0.1, -0.05) is 48.5 Å². The van der Waals surface area contributed by atoms with Crippen molar-refractivity contribution in [1.29, 1.82) is 0 Å². The molecular formula is C24H26BrN3O2. The summed E-state index contributed by atoms with van der Waals surface area (Å²) in [4.78, 5) is 27.8. The second kappa shape index (κ2) is 8.36. The van der Waals surface area contributed by atoms with Gasteiger partial charge in [0.05, 0.1) is 16.8 Å². The van der Waals surface area contributed by atoms with Gasteiger partial charge in [0.15, 0.2) is 0 Å². The average molecular weight is 468 g/mol. The summed E-state index contributed by atoms with van der Waals surface area (Å²) in [5.74, 6) is 0.233. The largest absolute Gasteiger partial charge is 0.299 e. The van der Waals surface area contributed by atoms with E-state index in [4.69, 9.17) is 0 Å². The topological polar surface area (TPSA) is 47.2 Å². The molecule has 0 atom stereocenters. The number of carbonyl (C=O) groups is 1. The van der Waals surface area contributed by atoms with Crippen molar-refractivity contribution in [2.45, 2.75) is 31.7 Å². The number of Topliss-reactive ketones (excluding diaryl/α,β-unsaturated/α-hetero) is 1. The highest BCUT2D eigenvalue weighted by atomic mass is 79.9. The van der Waals surface area contributed by atoms with E-state index in [1.54, 1.807) is 11.6 Å². The lowest BCUT2D eigenvalue weighted by molar-refractivity contribution is -0.124. The van der Waals surface area contributed by atoms with Crippen molar-refractivity contribution >= 4 is 21.7 Å². The second-order valence-electron chi connectivity index (χ2n) is 8.02. The van der Waals surface area contributed by atoms with Crippen LogP contribution in [-0.2, 0) is 23.8 Å². The minimum atomic E-state index is -0.406. The lowest BCUT2D eigenvalue weighted by Crippen LogP contribution is -2.46. The van der Waals surface area contributed by atoms with Gasteiger partial charge in [-0.2, -0.15) is 0 Å². The van der Waals surface area contributed by atoms with Gasteiger partial charge in [-0.3, -0.25) is 19.2 Å². The molecule has 3 aromatic rings. The van der Waals surface area contributed by atoms with Gasteiger partial charge < -0.3 is 0 Å². The van der Waals surface area contributed by atoms with E-state index in [1.165, 1.54) is 0 Å². The van der Waals surface area contributed by atoms with E-state index < -0.39 is 5.41 Å². The molecular weight excluding hydrogens is 442 g/mol. The first-order chi connectivity index (χ1) is 14.4. The number of para-hydroxylation sites is 1. The highest BCUT2D eigenvalue weighted by Gasteiger charge is 2.40. The van der Waals surface area contributed by atoms with Gasteiger partial charge in [0.2, 0.25) is 0 Å². The summed E-state index contributed by atoms with van der Waals surface area (Å²) in [7, 11) is 1.92. The predicted molar refractivity (Wildman–Crippen MR) is 122 cm³/mol. The first-order valence-corrected chi connectivity index (χ1v) is 11.0. The third kappa shape index (κ3) is 3.59. The Bertz CT molecular complexity index is 1090. The van der Waals surface area contributed by atoms with Gasteiger partial charge in [0.1, 0.15) is 10.3 Å². The minimum absolute atomic E-state index is 0.0573. The van der Waals surface area contributed by atoms with Crippen LogP contribution in [-0.4, -0.2) is 33.1 Å². The molecule has 4 rings (SSSR count). The molecule has 1 fully saturated rings. The van der Waals surface area contributed by atoms with E-state index >= 15 is 0 Å². The van der Waals surface area contributed by atoms with Gasteiger partial charge >= 0.3 is 0 Å². The number of benzene rings is 2. The maximum atomic E-state index is 12.9. The van der Waals surface area contributed by atoms with Crippen LogP contribution in [0.1, 0.15) is 31.0 Å². The number of hydrogen-bond acceptors (Lipinski definition) is 3.